The van der Waals surface area contributed by atoms with Crippen molar-refractivity contribution < 1.29 is 13.5 Å². The predicted octanol–water partition coefficient (Wildman–Crippen LogP) is 2.72. The fraction of sp³-hybridized carbons (Fsp3) is 0.333. The molecule has 2 aromatic rings. The Labute approximate surface area is 129 Å². The predicted molar refractivity (Wildman–Crippen MR) is 85.0 cm³/mol. The maximum absolute atomic E-state index is 12.6. The van der Waals surface area contributed by atoms with E-state index >= 15 is 0 Å². The third kappa shape index (κ3) is 3.52. The second-order valence-electron chi connectivity index (χ2n) is 5.09. The molecule has 1 heterocycles. The summed E-state index contributed by atoms with van der Waals surface area (Å²) in [6, 6.07) is 8.88. The van der Waals surface area contributed by atoms with Crippen LogP contribution in [0, 0.1) is 13.8 Å². The number of aliphatic hydroxyl groups is 1. The summed E-state index contributed by atoms with van der Waals surface area (Å²) in [5.41, 5.74) is 1.74. The summed E-state index contributed by atoms with van der Waals surface area (Å²) < 4.78 is 26.4. The van der Waals surface area contributed by atoms with Gasteiger partial charge in [0.05, 0.1) is 4.90 Å². The summed E-state index contributed by atoms with van der Waals surface area (Å²) in [6.07, 6.45) is -0.810. The highest BCUT2D eigenvalue weighted by molar-refractivity contribution is 7.89. The highest BCUT2D eigenvalue weighted by atomic mass is 32.2. The van der Waals surface area contributed by atoms with Crippen molar-refractivity contribution in [3.05, 3.63) is 51.7 Å². The Kier molecular flexibility index (Phi) is 4.83. The third-order valence-electron chi connectivity index (χ3n) is 3.32. The van der Waals surface area contributed by atoms with Gasteiger partial charge >= 0.3 is 0 Å². The molecule has 1 N–H and O–H groups in total. The normalized spacial score (nSPS) is 13.6. The van der Waals surface area contributed by atoms with Crippen LogP contribution in [0.2, 0.25) is 0 Å². The molecule has 0 aliphatic rings. The van der Waals surface area contributed by atoms with Crippen LogP contribution in [0.3, 0.4) is 0 Å². The van der Waals surface area contributed by atoms with Gasteiger partial charge in [0.1, 0.15) is 6.10 Å². The average Bonchev–Trinajstić information content (AvgIpc) is 2.91. The van der Waals surface area contributed by atoms with Gasteiger partial charge in [-0.05, 0) is 36.9 Å². The molecule has 21 heavy (non-hydrogen) atoms. The minimum atomic E-state index is -3.59. The van der Waals surface area contributed by atoms with Gasteiger partial charge in [0.25, 0.3) is 0 Å². The first-order valence-electron chi connectivity index (χ1n) is 6.57. The van der Waals surface area contributed by atoms with Gasteiger partial charge in [0.2, 0.25) is 10.0 Å². The van der Waals surface area contributed by atoms with Crippen molar-refractivity contribution in [2.24, 2.45) is 0 Å². The largest absolute Gasteiger partial charge is 0.386 e. The molecule has 0 aliphatic carbocycles. The molecule has 0 spiro atoms. The molecule has 0 aliphatic heterocycles. The summed E-state index contributed by atoms with van der Waals surface area (Å²) in [5.74, 6) is 0. The van der Waals surface area contributed by atoms with Crippen LogP contribution in [-0.2, 0) is 10.0 Å². The van der Waals surface area contributed by atoms with E-state index in [4.69, 9.17) is 0 Å². The smallest absolute Gasteiger partial charge is 0.243 e. The van der Waals surface area contributed by atoms with E-state index in [2.05, 4.69) is 0 Å². The van der Waals surface area contributed by atoms with Crippen LogP contribution in [0.25, 0.3) is 0 Å². The molecule has 114 valence electrons. The van der Waals surface area contributed by atoms with Crippen LogP contribution in [0.4, 0.5) is 0 Å². The molecule has 1 atom stereocenters. The van der Waals surface area contributed by atoms with Crippen LogP contribution in [-0.4, -0.2) is 31.4 Å². The minimum Gasteiger partial charge on any atom is -0.386 e. The Hall–Kier alpha value is -1.21. The van der Waals surface area contributed by atoms with Gasteiger partial charge in [-0.2, -0.15) is 4.31 Å². The first-order valence-corrected chi connectivity index (χ1v) is 8.89. The molecule has 0 amide bonds. The summed E-state index contributed by atoms with van der Waals surface area (Å²) in [4.78, 5) is 1.05. The summed E-state index contributed by atoms with van der Waals surface area (Å²) >= 11 is 1.41. The van der Waals surface area contributed by atoms with Crippen molar-refractivity contribution in [1.29, 1.82) is 0 Å². The fourth-order valence-corrected chi connectivity index (χ4v) is 4.25. The van der Waals surface area contributed by atoms with E-state index in [9.17, 15) is 13.5 Å². The quantitative estimate of drug-likeness (QED) is 0.919. The van der Waals surface area contributed by atoms with E-state index in [1.807, 2.05) is 24.4 Å². The molecule has 1 aromatic carbocycles. The summed E-state index contributed by atoms with van der Waals surface area (Å²) in [7, 11) is -2.10. The second-order valence-corrected chi connectivity index (χ2v) is 8.08. The first kappa shape index (κ1) is 16.2. The van der Waals surface area contributed by atoms with Gasteiger partial charge in [-0.15, -0.1) is 11.3 Å². The van der Waals surface area contributed by atoms with Gasteiger partial charge in [0.15, 0.2) is 0 Å². The van der Waals surface area contributed by atoms with Crippen molar-refractivity contribution in [3.63, 3.8) is 0 Å². The van der Waals surface area contributed by atoms with Crippen LogP contribution >= 0.6 is 11.3 Å². The van der Waals surface area contributed by atoms with E-state index in [-0.39, 0.29) is 11.4 Å². The third-order valence-corrected chi connectivity index (χ3v) is 6.28. The zero-order valence-electron chi connectivity index (χ0n) is 12.3. The summed E-state index contributed by atoms with van der Waals surface area (Å²) in [6.45, 7) is 3.74. The number of hydrogen-bond acceptors (Lipinski definition) is 4. The van der Waals surface area contributed by atoms with Crippen LogP contribution in [0.15, 0.2) is 40.6 Å². The van der Waals surface area contributed by atoms with Gasteiger partial charge in [-0.1, -0.05) is 23.8 Å². The monoisotopic (exact) mass is 325 g/mol. The number of sulfonamides is 1. The van der Waals surface area contributed by atoms with Crippen molar-refractivity contribution >= 4 is 21.4 Å². The van der Waals surface area contributed by atoms with Gasteiger partial charge in [-0.25, -0.2) is 8.42 Å². The molecular formula is C15H19NO3S2. The first-order chi connectivity index (χ1) is 9.82. The molecule has 2 rings (SSSR count). The highest BCUT2D eigenvalue weighted by Gasteiger charge is 2.25. The molecule has 6 heteroatoms. The molecule has 0 bridgehead atoms. The minimum absolute atomic E-state index is 0.0379. The number of aryl methyl sites for hydroxylation is 2. The van der Waals surface area contributed by atoms with Gasteiger partial charge in [0, 0.05) is 18.5 Å². The molecule has 1 aromatic heterocycles. The van der Waals surface area contributed by atoms with Crippen molar-refractivity contribution in [1.82, 2.24) is 4.31 Å². The van der Waals surface area contributed by atoms with Gasteiger partial charge in [-0.3, -0.25) is 0 Å². The Morgan fingerprint density at radius 3 is 2.57 bits per heavy atom. The topological polar surface area (TPSA) is 57.6 Å². The molecule has 1 unspecified atom stereocenters. The van der Waals surface area contributed by atoms with E-state index in [0.717, 1.165) is 10.4 Å². The lowest BCUT2D eigenvalue weighted by molar-refractivity contribution is 0.158. The number of thiophene rings is 1. The highest BCUT2D eigenvalue weighted by Crippen LogP contribution is 2.24. The zero-order chi connectivity index (χ0) is 15.6. The van der Waals surface area contributed by atoms with Crippen molar-refractivity contribution in [3.8, 4) is 0 Å². The molecule has 4 nitrogen and oxygen atoms in total. The number of hydrogen-bond donors (Lipinski definition) is 1. The Balaban J connectivity index is 2.22. The Morgan fingerprint density at radius 2 is 2.00 bits per heavy atom. The van der Waals surface area contributed by atoms with Crippen molar-refractivity contribution in [2.45, 2.75) is 24.8 Å². The number of likely N-dealkylation sites (N-methyl/N-ethyl adjacent to an activating group) is 1. The molecular weight excluding hydrogens is 306 g/mol. The lowest BCUT2D eigenvalue weighted by Gasteiger charge is -2.21. The maximum Gasteiger partial charge on any atom is 0.243 e. The molecule has 0 radical (unpaired) electrons. The summed E-state index contributed by atoms with van der Waals surface area (Å²) in [5, 5.41) is 12.0. The Morgan fingerprint density at radius 1 is 1.29 bits per heavy atom. The fourth-order valence-electron chi connectivity index (χ4n) is 2.17. The number of aliphatic hydroxyl groups excluding tert-OH is 1. The Bertz CT molecular complexity index is 709. The number of nitrogens with zero attached hydrogens (tertiary/aromatic N) is 1. The molecule has 0 saturated carbocycles. The van der Waals surface area contributed by atoms with Gasteiger partial charge < -0.3 is 5.11 Å². The van der Waals surface area contributed by atoms with E-state index in [0.29, 0.717) is 5.56 Å². The van der Waals surface area contributed by atoms with E-state index < -0.39 is 16.1 Å². The SMILES string of the molecule is Cc1ccc(S(=O)(=O)N(C)CC(O)c2cccs2)c(C)c1. The lowest BCUT2D eigenvalue weighted by atomic mass is 10.2. The molecule has 0 fully saturated rings. The number of rotatable bonds is 5. The maximum atomic E-state index is 12.6. The van der Waals surface area contributed by atoms with Crippen LogP contribution in [0.1, 0.15) is 22.1 Å². The van der Waals surface area contributed by atoms with Crippen LogP contribution in [0.5, 0.6) is 0 Å². The average molecular weight is 325 g/mol. The second kappa shape index (κ2) is 6.27. The zero-order valence-corrected chi connectivity index (χ0v) is 13.9. The standard InChI is InChI=1S/C15H19NO3S2/c1-11-6-7-15(12(2)9-11)21(18,19)16(3)10-13(17)14-5-4-8-20-14/h4-9,13,17H,10H2,1-3H3. The van der Waals surface area contributed by atoms with E-state index in [1.54, 1.807) is 25.1 Å². The van der Waals surface area contributed by atoms with Crippen molar-refractivity contribution in [2.75, 3.05) is 13.6 Å². The number of benzene rings is 1. The lowest BCUT2D eigenvalue weighted by Crippen LogP contribution is -2.31. The van der Waals surface area contributed by atoms with E-state index in [1.165, 1.54) is 22.7 Å². The van der Waals surface area contributed by atoms with Crippen LogP contribution < -0.4 is 0 Å². The molecule has 0 saturated heterocycles.